The van der Waals surface area contributed by atoms with Gasteiger partial charge in [0.15, 0.2) is 0 Å². The fourth-order valence-electron chi connectivity index (χ4n) is 3.23. The quantitative estimate of drug-likeness (QED) is 0.886. The minimum atomic E-state index is -0.379. The number of nitrogens with two attached hydrogens (primary N) is 1. The van der Waals surface area contributed by atoms with Crippen molar-refractivity contribution >= 4 is 0 Å². The molecule has 1 aliphatic carbocycles. The summed E-state index contributed by atoms with van der Waals surface area (Å²) in [5, 5.41) is 14.8. The van der Waals surface area contributed by atoms with Crippen LogP contribution in [0.4, 0.5) is 0 Å². The zero-order chi connectivity index (χ0) is 14.7. The maximum atomic E-state index is 10.2. The zero-order valence-electron chi connectivity index (χ0n) is 12.3. The lowest BCUT2D eigenvalue weighted by Crippen LogP contribution is -2.13. The van der Waals surface area contributed by atoms with E-state index in [9.17, 15) is 5.11 Å². The predicted octanol–water partition coefficient (Wildman–Crippen LogP) is 2.34. The number of hydrogen-bond acceptors (Lipinski definition) is 3. The van der Waals surface area contributed by atoms with Gasteiger partial charge in [-0.2, -0.15) is 5.10 Å². The highest BCUT2D eigenvalue weighted by Crippen LogP contribution is 2.32. The number of rotatable bonds is 5. The minimum Gasteiger partial charge on any atom is -0.388 e. The normalized spacial score (nSPS) is 17.7. The van der Waals surface area contributed by atoms with E-state index in [-0.39, 0.29) is 6.10 Å². The van der Waals surface area contributed by atoms with Crippen LogP contribution in [0.1, 0.15) is 47.9 Å². The summed E-state index contributed by atoms with van der Waals surface area (Å²) in [4.78, 5) is 0. The van der Waals surface area contributed by atoms with Gasteiger partial charge >= 0.3 is 0 Å². The molecule has 0 saturated carbocycles. The molecule has 1 aromatic heterocycles. The minimum absolute atomic E-state index is 0.379. The van der Waals surface area contributed by atoms with E-state index in [2.05, 4.69) is 34.0 Å². The third-order valence-electron chi connectivity index (χ3n) is 4.27. The van der Waals surface area contributed by atoms with Gasteiger partial charge in [-0.25, -0.2) is 0 Å². The molecule has 1 heterocycles. The standard InChI is InChI=1S/C17H23N3O/c18-12-14-17-15(9-4-10-16(17)21)20(19-14)11-5-8-13-6-2-1-3-7-13/h1-3,6-7,16,21H,4-5,8-12,18H2. The molecule has 0 bridgehead atoms. The molecule has 0 amide bonds. The molecular weight excluding hydrogens is 262 g/mol. The molecule has 21 heavy (non-hydrogen) atoms. The monoisotopic (exact) mass is 285 g/mol. The largest absolute Gasteiger partial charge is 0.388 e. The topological polar surface area (TPSA) is 64.1 Å². The summed E-state index contributed by atoms with van der Waals surface area (Å²) in [6.07, 6.45) is 4.59. The van der Waals surface area contributed by atoms with Gasteiger partial charge in [-0.3, -0.25) is 4.68 Å². The van der Waals surface area contributed by atoms with E-state index in [0.29, 0.717) is 6.54 Å². The number of benzene rings is 1. The van der Waals surface area contributed by atoms with Gasteiger partial charge in [0.05, 0.1) is 11.8 Å². The molecule has 3 N–H and O–H groups in total. The van der Waals surface area contributed by atoms with Crippen molar-refractivity contribution < 1.29 is 5.11 Å². The van der Waals surface area contributed by atoms with Crippen molar-refractivity contribution in [1.82, 2.24) is 9.78 Å². The van der Waals surface area contributed by atoms with Crippen molar-refractivity contribution in [2.45, 2.75) is 51.3 Å². The van der Waals surface area contributed by atoms with Crippen LogP contribution in [-0.2, 0) is 25.9 Å². The molecule has 2 aromatic rings. The summed E-state index contributed by atoms with van der Waals surface area (Å²) in [6, 6.07) is 10.5. The van der Waals surface area contributed by atoms with E-state index in [0.717, 1.165) is 49.9 Å². The number of nitrogens with zero attached hydrogens (tertiary/aromatic N) is 2. The smallest absolute Gasteiger partial charge is 0.0826 e. The van der Waals surface area contributed by atoms with Crippen molar-refractivity contribution in [2.24, 2.45) is 5.73 Å². The first-order chi connectivity index (χ1) is 10.3. The fourth-order valence-corrected chi connectivity index (χ4v) is 3.23. The van der Waals surface area contributed by atoms with E-state index in [1.54, 1.807) is 0 Å². The van der Waals surface area contributed by atoms with Gasteiger partial charge in [-0.1, -0.05) is 30.3 Å². The van der Waals surface area contributed by atoms with Gasteiger partial charge < -0.3 is 10.8 Å². The first kappa shape index (κ1) is 14.3. The molecular formula is C17H23N3O. The number of fused-ring (bicyclic) bond motifs is 1. The first-order valence-corrected chi connectivity index (χ1v) is 7.80. The molecule has 4 heteroatoms. The summed E-state index contributed by atoms with van der Waals surface area (Å²) in [6.45, 7) is 1.30. The maximum absolute atomic E-state index is 10.2. The second kappa shape index (κ2) is 6.41. The van der Waals surface area contributed by atoms with Gasteiger partial charge in [-0.05, 0) is 37.7 Å². The number of aryl methyl sites for hydroxylation is 2. The van der Waals surface area contributed by atoms with Crippen LogP contribution in [0.5, 0.6) is 0 Å². The lowest BCUT2D eigenvalue weighted by molar-refractivity contribution is 0.154. The van der Waals surface area contributed by atoms with Gasteiger partial charge in [0.2, 0.25) is 0 Å². The first-order valence-electron chi connectivity index (χ1n) is 7.80. The Hall–Kier alpha value is -1.65. The summed E-state index contributed by atoms with van der Waals surface area (Å²) in [5.41, 5.74) is 10.2. The fraction of sp³-hybridized carbons (Fsp3) is 0.471. The highest BCUT2D eigenvalue weighted by atomic mass is 16.3. The van der Waals surface area contributed by atoms with E-state index in [4.69, 9.17) is 5.73 Å². The Morgan fingerprint density at radius 1 is 1.29 bits per heavy atom. The number of aromatic nitrogens is 2. The van der Waals surface area contributed by atoms with Gasteiger partial charge in [0.25, 0.3) is 0 Å². The second-order valence-electron chi connectivity index (χ2n) is 5.73. The van der Waals surface area contributed by atoms with Crippen LogP contribution < -0.4 is 5.73 Å². The van der Waals surface area contributed by atoms with Crippen LogP contribution in [0.15, 0.2) is 30.3 Å². The molecule has 4 nitrogen and oxygen atoms in total. The Labute approximate surface area is 125 Å². The van der Waals surface area contributed by atoms with Crippen LogP contribution in [0.3, 0.4) is 0 Å². The van der Waals surface area contributed by atoms with E-state index in [1.807, 2.05) is 6.07 Å². The van der Waals surface area contributed by atoms with Crippen molar-refractivity contribution in [3.8, 4) is 0 Å². The SMILES string of the molecule is NCc1nn(CCCc2ccccc2)c2c1C(O)CCC2. The highest BCUT2D eigenvalue weighted by Gasteiger charge is 2.26. The Balaban J connectivity index is 1.71. The molecule has 1 atom stereocenters. The van der Waals surface area contributed by atoms with Crippen LogP contribution in [0.25, 0.3) is 0 Å². The molecule has 1 aromatic carbocycles. The lowest BCUT2D eigenvalue weighted by atomic mass is 9.93. The van der Waals surface area contributed by atoms with Crippen LogP contribution in [-0.4, -0.2) is 14.9 Å². The Bertz CT molecular complexity index is 592. The number of aliphatic hydroxyl groups is 1. The van der Waals surface area contributed by atoms with Crippen molar-refractivity contribution in [2.75, 3.05) is 0 Å². The lowest BCUT2D eigenvalue weighted by Gasteiger charge is -2.19. The van der Waals surface area contributed by atoms with Crippen LogP contribution in [0, 0.1) is 0 Å². The molecule has 1 aliphatic rings. The molecule has 0 saturated heterocycles. The molecule has 0 aliphatic heterocycles. The average molecular weight is 285 g/mol. The van der Waals surface area contributed by atoms with Gasteiger partial charge in [0.1, 0.15) is 0 Å². The maximum Gasteiger partial charge on any atom is 0.0826 e. The Morgan fingerprint density at radius 2 is 2.10 bits per heavy atom. The molecule has 3 rings (SSSR count). The molecule has 0 fully saturated rings. The zero-order valence-corrected chi connectivity index (χ0v) is 12.3. The van der Waals surface area contributed by atoms with E-state index >= 15 is 0 Å². The number of aliphatic hydroxyl groups excluding tert-OH is 1. The molecule has 0 spiro atoms. The van der Waals surface area contributed by atoms with Gasteiger partial charge in [0, 0.05) is 24.3 Å². The molecule has 112 valence electrons. The third kappa shape index (κ3) is 3.01. The predicted molar refractivity (Wildman–Crippen MR) is 82.8 cm³/mol. The summed E-state index contributed by atoms with van der Waals surface area (Å²) in [5.74, 6) is 0. The van der Waals surface area contributed by atoms with Crippen molar-refractivity contribution in [3.63, 3.8) is 0 Å². The molecule has 1 unspecified atom stereocenters. The van der Waals surface area contributed by atoms with Crippen LogP contribution in [0.2, 0.25) is 0 Å². The van der Waals surface area contributed by atoms with E-state index < -0.39 is 0 Å². The Morgan fingerprint density at radius 3 is 2.86 bits per heavy atom. The third-order valence-corrected chi connectivity index (χ3v) is 4.27. The Kier molecular flexibility index (Phi) is 4.36. The summed E-state index contributed by atoms with van der Waals surface area (Å²) < 4.78 is 2.07. The summed E-state index contributed by atoms with van der Waals surface area (Å²) >= 11 is 0. The van der Waals surface area contributed by atoms with Gasteiger partial charge in [-0.15, -0.1) is 0 Å². The molecule has 0 radical (unpaired) electrons. The van der Waals surface area contributed by atoms with Crippen molar-refractivity contribution in [3.05, 3.63) is 52.8 Å². The van der Waals surface area contributed by atoms with E-state index in [1.165, 1.54) is 11.3 Å². The summed E-state index contributed by atoms with van der Waals surface area (Å²) in [7, 11) is 0. The van der Waals surface area contributed by atoms with Crippen molar-refractivity contribution in [1.29, 1.82) is 0 Å². The van der Waals surface area contributed by atoms with Crippen LogP contribution >= 0.6 is 0 Å². The highest BCUT2D eigenvalue weighted by molar-refractivity contribution is 5.31. The average Bonchev–Trinajstić information content (AvgIpc) is 2.88. The second-order valence-corrected chi connectivity index (χ2v) is 5.73. The number of hydrogen-bond donors (Lipinski definition) is 2.